The number of aromatic nitrogens is 2. The van der Waals surface area contributed by atoms with Gasteiger partial charge in [0.2, 0.25) is 0 Å². The average molecular weight is 417 g/mol. The Hall–Kier alpha value is -3.29. The molecule has 2 N–H and O–H groups in total. The van der Waals surface area contributed by atoms with Gasteiger partial charge in [-0.1, -0.05) is 32.0 Å². The van der Waals surface area contributed by atoms with Gasteiger partial charge in [0.25, 0.3) is 5.91 Å². The third-order valence-corrected chi connectivity index (χ3v) is 5.01. The predicted molar refractivity (Wildman–Crippen MR) is 108 cm³/mol. The first-order valence-electron chi connectivity index (χ1n) is 9.32. The summed E-state index contributed by atoms with van der Waals surface area (Å²) in [5, 5.41) is 2.78. The van der Waals surface area contributed by atoms with E-state index in [1.165, 1.54) is 10.6 Å². The number of H-pyrrole nitrogens is 1. The van der Waals surface area contributed by atoms with Crippen LogP contribution in [-0.2, 0) is 11.6 Å². The maximum absolute atomic E-state index is 13.0. The molecule has 0 saturated heterocycles. The molecular weight excluding hydrogens is 395 g/mol. The van der Waals surface area contributed by atoms with Gasteiger partial charge >= 0.3 is 11.9 Å². The Morgan fingerprint density at radius 3 is 2.27 bits per heavy atom. The van der Waals surface area contributed by atoms with Crippen molar-refractivity contribution in [1.29, 1.82) is 0 Å². The van der Waals surface area contributed by atoms with E-state index < -0.39 is 17.2 Å². The van der Waals surface area contributed by atoms with E-state index in [-0.39, 0.29) is 18.1 Å². The van der Waals surface area contributed by atoms with Crippen LogP contribution in [-0.4, -0.2) is 22.0 Å². The van der Waals surface area contributed by atoms with Gasteiger partial charge in [0.05, 0.1) is 11.3 Å². The highest BCUT2D eigenvalue weighted by atomic mass is 19.4. The molecule has 8 heteroatoms. The van der Waals surface area contributed by atoms with Crippen LogP contribution in [0.2, 0.25) is 0 Å². The minimum Gasteiger partial charge on any atom is -0.351 e. The van der Waals surface area contributed by atoms with E-state index in [9.17, 15) is 22.8 Å². The number of benzene rings is 2. The normalized spacial score (nSPS) is 12.1. The van der Waals surface area contributed by atoms with Gasteiger partial charge in [-0.2, -0.15) is 13.2 Å². The van der Waals surface area contributed by atoms with Crippen LogP contribution in [0, 0.1) is 6.92 Å². The van der Waals surface area contributed by atoms with Crippen molar-refractivity contribution < 1.29 is 18.0 Å². The van der Waals surface area contributed by atoms with Crippen LogP contribution in [0.1, 0.15) is 41.0 Å². The summed E-state index contributed by atoms with van der Waals surface area (Å²) in [6.07, 6.45) is -2.82. The van der Waals surface area contributed by atoms with Crippen molar-refractivity contribution in [3.8, 4) is 5.69 Å². The molecule has 1 aromatic heterocycles. The molecule has 0 atom stereocenters. The molecular formula is C22H22F3N3O2. The van der Waals surface area contributed by atoms with Crippen LogP contribution in [0.15, 0.2) is 59.5 Å². The molecule has 3 aromatic rings. The van der Waals surface area contributed by atoms with E-state index >= 15 is 0 Å². The molecule has 0 bridgehead atoms. The third-order valence-electron chi connectivity index (χ3n) is 5.01. The Labute approximate surface area is 171 Å². The number of hydrogen-bond acceptors (Lipinski definition) is 2. The summed E-state index contributed by atoms with van der Waals surface area (Å²) in [7, 11) is 0. The molecule has 5 nitrogen and oxygen atoms in total. The molecule has 0 radical (unpaired) electrons. The monoisotopic (exact) mass is 417 g/mol. The standard InChI is InChI=1S/C22H22F3N3O2/c1-14-12-26-20(30)28(14)18-9-7-15(8-10-18)19(29)27-13-21(2,3)16-5-4-6-17(11-16)22(23,24)25/h4-12H,13H2,1-3H3,(H,26,30)(H,27,29). The van der Waals surface area contributed by atoms with Gasteiger partial charge in [-0.05, 0) is 42.8 Å². The Kier molecular flexibility index (Phi) is 5.61. The summed E-state index contributed by atoms with van der Waals surface area (Å²) in [6, 6.07) is 11.6. The number of alkyl halides is 3. The van der Waals surface area contributed by atoms with E-state index in [0.29, 0.717) is 16.8 Å². The van der Waals surface area contributed by atoms with Gasteiger partial charge in [0.1, 0.15) is 0 Å². The number of nitrogens with one attached hydrogen (secondary N) is 2. The first-order chi connectivity index (χ1) is 14.0. The molecule has 30 heavy (non-hydrogen) atoms. The van der Waals surface area contributed by atoms with Crippen molar-refractivity contribution in [2.24, 2.45) is 0 Å². The number of carbonyl (C=O) groups is 1. The molecule has 0 aliphatic heterocycles. The smallest absolute Gasteiger partial charge is 0.351 e. The van der Waals surface area contributed by atoms with E-state index in [1.807, 2.05) is 0 Å². The molecule has 0 aliphatic carbocycles. The molecule has 0 spiro atoms. The fourth-order valence-electron chi connectivity index (χ4n) is 3.16. The van der Waals surface area contributed by atoms with E-state index in [0.717, 1.165) is 17.8 Å². The fraction of sp³-hybridized carbons (Fsp3) is 0.273. The van der Waals surface area contributed by atoms with Gasteiger partial charge in [0.15, 0.2) is 0 Å². The van der Waals surface area contributed by atoms with Gasteiger partial charge in [-0.15, -0.1) is 0 Å². The van der Waals surface area contributed by atoms with Crippen LogP contribution in [0.4, 0.5) is 13.2 Å². The second-order valence-corrected chi connectivity index (χ2v) is 7.76. The van der Waals surface area contributed by atoms with E-state index in [1.54, 1.807) is 57.3 Å². The number of aryl methyl sites for hydroxylation is 1. The largest absolute Gasteiger partial charge is 0.416 e. The van der Waals surface area contributed by atoms with Crippen molar-refractivity contribution in [3.63, 3.8) is 0 Å². The highest BCUT2D eigenvalue weighted by molar-refractivity contribution is 5.94. The van der Waals surface area contributed by atoms with Crippen molar-refractivity contribution in [3.05, 3.63) is 87.6 Å². The van der Waals surface area contributed by atoms with Crippen LogP contribution >= 0.6 is 0 Å². The quantitative estimate of drug-likeness (QED) is 0.653. The number of hydrogen-bond donors (Lipinski definition) is 2. The maximum atomic E-state index is 13.0. The lowest BCUT2D eigenvalue weighted by atomic mass is 9.83. The second kappa shape index (κ2) is 7.85. The Bertz CT molecular complexity index is 1110. The van der Waals surface area contributed by atoms with Crippen molar-refractivity contribution in [2.45, 2.75) is 32.4 Å². The second-order valence-electron chi connectivity index (χ2n) is 7.76. The molecule has 0 unspecified atom stereocenters. The van der Waals surface area contributed by atoms with Crippen molar-refractivity contribution in [1.82, 2.24) is 14.9 Å². The first kappa shape index (κ1) is 21.4. The summed E-state index contributed by atoms with van der Waals surface area (Å²) in [5.41, 5.74) is 0.541. The average Bonchev–Trinajstić information content (AvgIpc) is 3.04. The molecule has 0 aliphatic rings. The lowest BCUT2D eigenvalue weighted by Gasteiger charge is -2.26. The molecule has 0 fully saturated rings. The number of amides is 1. The number of halogens is 3. The number of rotatable bonds is 5. The van der Waals surface area contributed by atoms with Gasteiger partial charge in [-0.3, -0.25) is 9.36 Å². The first-order valence-corrected chi connectivity index (χ1v) is 9.32. The molecule has 158 valence electrons. The highest BCUT2D eigenvalue weighted by Crippen LogP contribution is 2.32. The Morgan fingerprint density at radius 2 is 1.70 bits per heavy atom. The maximum Gasteiger partial charge on any atom is 0.416 e. The molecule has 3 rings (SSSR count). The molecule has 2 aromatic carbocycles. The van der Waals surface area contributed by atoms with Crippen molar-refractivity contribution in [2.75, 3.05) is 6.54 Å². The predicted octanol–water partition coefficient (Wildman–Crippen LogP) is 4.20. The van der Waals surface area contributed by atoms with Gasteiger partial charge in [0, 0.05) is 29.4 Å². The van der Waals surface area contributed by atoms with E-state index in [2.05, 4.69) is 10.3 Å². The highest BCUT2D eigenvalue weighted by Gasteiger charge is 2.32. The SMILES string of the molecule is Cc1c[nH]c(=O)n1-c1ccc(C(=O)NCC(C)(C)c2cccc(C(F)(F)F)c2)cc1. The Balaban J connectivity index is 1.71. The van der Waals surface area contributed by atoms with Gasteiger partial charge in [-0.25, -0.2) is 4.79 Å². The van der Waals surface area contributed by atoms with Gasteiger partial charge < -0.3 is 10.3 Å². The molecule has 0 saturated carbocycles. The van der Waals surface area contributed by atoms with Crippen LogP contribution in [0.5, 0.6) is 0 Å². The Morgan fingerprint density at radius 1 is 1.07 bits per heavy atom. The lowest BCUT2D eigenvalue weighted by Crippen LogP contribution is -2.36. The lowest BCUT2D eigenvalue weighted by molar-refractivity contribution is -0.137. The number of aromatic amines is 1. The number of carbonyl (C=O) groups excluding carboxylic acids is 1. The minimum absolute atomic E-state index is 0.158. The third kappa shape index (κ3) is 4.48. The zero-order valence-electron chi connectivity index (χ0n) is 16.8. The summed E-state index contributed by atoms with van der Waals surface area (Å²) >= 11 is 0. The number of imidazole rings is 1. The zero-order valence-corrected chi connectivity index (χ0v) is 16.8. The van der Waals surface area contributed by atoms with Crippen LogP contribution in [0.3, 0.4) is 0 Å². The summed E-state index contributed by atoms with van der Waals surface area (Å²) in [6.45, 7) is 5.49. The molecule has 1 heterocycles. The van der Waals surface area contributed by atoms with E-state index in [4.69, 9.17) is 0 Å². The van der Waals surface area contributed by atoms with Crippen molar-refractivity contribution >= 4 is 5.91 Å². The summed E-state index contributed by atoms with van der Waals surface area (Å²) in [5.74, 6) is -0.347. The van der Waals surface area contributed by atoms with Crippen LogP contribution in [0.25, 0.3) is 5.69 Å². The van der Waals surface area contributed by atoms with Crippen LogP contribution < -0.4 is 11.0 Å². The summed E-state index contributed by atoms with van der Waals surface area (Å²) in [4.78, 5) is 27.0. The topological polar surface area (TPSA) is 66.9 Å². The number of nitrogens with zero attached hydrogens (tertiary/aromatic N) is 1. The minimum atomic E-state index is -4.42. The fourth-order valence-corrected chi connectivity index (χ4v) is 3.16. The molecule has 1 amide bonds. The zero-order chi connectivity index (χ0) is 22.1. The summed E-state index contributed by atoms with van der Waals surface area (Å²) < 4.78 is 40.4.